The molecule has 3 unspecified atom stereocenters. The molecule has 3 heterocycles. The van der Waals surface area contributed by atoms with Crippen molar-refractivity contribution in [2.45, 2.75) is 44.6 Å². The summed E-state index contributed by atoms with van der Waals surface area (Å²) in [6.45, 7) is 3.03. The zero-order valence-corrected chi connectivity index (χ0v) is 17.1. The van der Waals surface area contributed by atoms with Crippen LogP contribution in [0.25, 0.3) is 0 Å². The first-order valence-corrected chi connectivity index (χ1v) is 11.3. The Labute approximate surface area is 169 Å². The third-order valence-corrected chi connectivity index (χ3v) is 6.59. The smallest absolute Gasteiger partial charge is 0.250 e. The van der Waals surface area contributed by atoms with Crippen LogP contribution in [0.4, 0.5) is 4.39 Å². The zero-order chi connectivity index (χ0) is 20.9. The molecule has 1 fully saturated rings. The van der Waals surface area contributed by atoms with Gasteiger partial charge < -0.3 is 10.6 Å². The van der Waals surface area contributed by atoms with Gasteiger partial charge in [-0.15, -0.1) is 0 Å². The number of fused-ring (bicyclic) bond motifs is 1. The lowest BCUT2D eigenvalue weighted by atomic mass is 9.88. The molecule has 8 nitrogen and oxygen atoms in total. The van der Waals surface area contributed by atoms with Gasteiger partial charge in [0.1, 0.15) is 5.82 Å². The Morgan fingerprint density at radius 2 is 2.07 bits per heavy atom. The largest absolute Gasteiger partial charge is 0.333 e. The first kappa shape index (κ1) is 20.0. The number of nitrogens with two attached hydrogens (primary N) is 1. The minimum atomic E-state index is -3.41. The van der Waals surface area contributed by atoms with E-state index in [2.05, 4.69) is 10.00 Å². The van der Waals surface area contributed by atoms with Gasteiger partial charge in [-0.1, -0.05) is 12.1 Å². The molecule has 0 saturated carbocycles. The van der Waals surface area contributed by atoms with Crippen molar-refractivity contribution in [3.8, 4) is 0 Å². The fraction of sp³-hybridized carbons (Fsp3) is 0.474. The second-order valence-electron chi connectivity index (χ2n) is 7.87. The number of amides is 1. The summed E-state index contributed by atoms with van der Waals surface area (Å²) < 4.78 is 38.1. The SMILES string of the molecule is CC(=O)N1CC(N2Cc3cn(S(C)(=O)=O)nc3C2)CC(N)C1c1cccc(F)c1. The number of carbonyl (C=O) groups excluding carboxylic acids is 1. The lowest BCUT2D eigenvalue weighted by Gasteiger charge is -2.46. The van der Waals surface area contributed by atoms with Crippen molar-refractivity contribution in [3.63, 3.8) is 0 Å². The topological polar surface area (TPSA) is 102 Å². The van der Waals surface area contributed by atoms with E-state index in [1.54, 1.807) is 23.2 Å². The van der Waals surface area contributed by atoms with E-state index in [-0.39, 0.29) is 29.8 Å². The fourth-order valence-electron chi connectivity index (χ4n) is 4.38. The van der Waals surface area contributed by atoms with E-state index in [1.807, 2.05) is 0 Å². The zero-order valence-electron chi connectivity index (χ0n) is 16.3. The van der Waals surface area contributed by atoms with Gasteiger partial charge in [-0.3, -0.25) is 9.69 Å². The average molecular weight is 421 g/mol. The van der Waals surface area contributed by atoms with Crippen LogP contribution in [0.2, 0.25) is 0 Å². The number of aromatic nitrogens is 2. The van der Waals surface area contributed by atoms with Crippen molar-refractivity contribution in [1.82, 2.24) is 19.0 Å². The molecule has 2 N–H and O–H groups in total. The third-order valence-electron chi connectivity index (χ3n) is 5.73. The number of rotatable bonds is 3. The quantitative estimate of drug-likeness (QED) is 0.788. The summed E-state index contributed by atoms with van der Waals surface area (Å²) in [5.74, 6) is -0.466. The Morgan fingerprint density at radius 1 is 1.31 bits per heavy atom. The molecule has 0 radical (unpaired) electrons. The summed E-state index contributed by atoms with van der Waals surface area (Å²) in [6, 6.07) is 5.52. The molecule has 156 valence electrons. The van der Waals surface area contributed by atoms with Crippen LogP contribution < -0.4 is 5.73 Å². The van der Waals surface area contributed by atoms with E-state index in [1.165, 1.54) is 19.1 Å². The van der Waals surface area contributed by atoms with Gasteiger partial charge in [0.2, 0.25) is 5.91 Å². The van der Waals surface area contributed by atoms with Crippen LogP contribution in [-0.2, 0) is 27.9 Å². The molecule has 2 aliphatic heterocycles. The minimum absolute atomic E-state index is 0.0135. The highest BCUT2D eigenvalue weighted by atomic mass is 32.2. The Hall–Kier alpha value is -2.30. The van der Waals surface area contributed by atoms with Crippen LogP contribution in [0.1, 0.15) is 36.2 Å². The third kappa shape index (κ3) is 3.79. The Balaban J connectivity index is 1.54. The van der Waals surface area contributed by atoms with Crippen LogP contribution in [0, 0.1) is 5.82 Å². The van der Waals surface area contributed by atoms with Crippen molar-refractivity contribution < 1.29 is 17.6 Å². The summed E-state index contributed by atoms with van der Waals surface area (Å²) in [6.07, 6.45) is 3.30. The van der Waals surface area contributed by atoms with Crippen molar-refractivity contribution >= 4 is 15.9 Å². The van der Waals surface area contributed by atoms with Gasteiger partial charge in [0.05, 0.1) is 18.0 Å². The molecule has 1 aromatic heterocycles. The number of halogens is 1. The molecule has 1 aromatic carbocycles. The predicted molar refractivity (Wildman–Crippen MR) is 105 cm³/mol. The van der Waals surface area contributed by atoms with Gasteiger partial charge in [0.25, 0.3) is 10.0 Å². The lowest BCUT2D eigenvalue weighted by molar-refractivity contribution is -0.135. The van der Waals surface area contributed by atoms with E-state index in [0.29, 0.717) is 31.6 Å². The van der Waals surface area contributed by atoms with Crippen LogP contribution >= 0.6 is 0 Å². The summed E-state index contributed by atoms with van der Waals surface area (Å²) in [5.41, 5.74) is 8.76. The van der Waals surface area contributed by atoms with Crippen molar-refractivity contribution in [1.29, 1.82) is 0 Å². The number of likely N-dealkylation sites (tertiary alicyclic amines) is 1. The lowest BCUT2D eigenvalue weighted by Crippen LogP contribution is -2.56. The van der Waals surface area contributed by atoms with Crippen LogP contribution in [0.3, 0.4) is 0 Å². The molecular weight excluding hydrogens is 397 g/mol. The molecular formula is C19H24FN5O3S. The maximum Gasteiger partial charge on any atom is 0.250 e. The highest BCUT2D eigenvalue weighted by Gasteiger charge is 2.40. The van der Waals surface area contributed by atoms with E-state index in [9.17, 15) is 17.6 Å². The molecule has 2 aromatic rings. The van der Waals surface area contributed by atoms with Crippen molar-refractivity contribution in [2.75, 3.05) is 12.8 Å². The summed E-state index contributed by atoms with van der Waals surface area (Å²) in [4.78, 5) is 16.3. The molecule has 2 aliphatic rings. The molecule has 4 rings (SSSR count). The monoisotopic (exact) mass is 421 g/mol. The summed E-state index contributed by atoms with van der Waals surface area (Å²) in [5, 5.41) is 4.19. The number of hydrogen-bond donors (Lipinski definition) is 1. The highest BCUT2D eigenvalue weighted by Crippen LogP contribution is 2.35. The minimum Gasteiger partial charge on any atom is -0.333 e. The first-order chi connectivity index (χ1) is 13.6. The van der Waals surface area contributed by atoms with Gasteiger partial charge in [-0.2, -0.15) is 9.19 Å². The normalized spacial score (nSPS) is 25.2. The summed E-state index contributed by atoms with van der Waals surface area (Å²) >= 11 is 0. The number of hydrogen-bond acceptors (Lipinski definition) is 6. The molecule has 3 atom stereocenters. The molecule has 1 saturated heterocycles. The fourth-order valence-corrected chi connectivity index (χ4v) is 4.94. The maximum absolute atomic E-state index is 13.7. The van der Waals surface area contributed by atoms with Crippen LogP contribution in [0.5, 0.6) is 0 Å². The van der Waals surface area contributed by atoms with E-state index < -0.39 is 10.0 Å². The van der Waals surface area contributed by atoms with Gasteiger partial charge >= 0.3 is 0 Å². The van der Waals surface area contributed by atoms with E-state index in [4.69, 9.17) is 5.73 Å². The molecule has 0 bridgehead atoms. The van der Waals surface area contributed by atoms with Crippen LogP contribution in [0.15, 0.2) is 30.5 Å². The van der Waals surface area contributed by atoms with Gasteiger partial charge in [0.15, 0.2) is 0 Å². The number of benzene rings is 1. The number of carbonyl (C=O) groups is 1. The van der Waals surface area contributed by atoms with Crippen molar-refractivity contribution in [2.24, 2.45) is 5.73 Å². The Bertz CT molecular complexity index is 1030. The molecule has 1 amide bonds. The van der Waals surface area contributed by atoms with Crippen molar-refractivity contribution in [3.05, 3.63) is 53.1 Å². The maximum atomic E-state index is 13.7. The average Bonchev–Trinajstić information content (AvgIpc) is 3.19. The first-order valence-electron chi connectivity index (χ1n) is 9.43. The molecule has 10 heteroatoms. The number of nitrogens with zero attached hydrogens (tertiary/aromatic N) is 4. The van der Waals surface area contributed by atoms with Gasteiger partial charge in [-0.05, 0) is 24.1 Å². The standard InChI is InChI=1S/C19H24FN5O3S/c1-12(26)24-10-16(7-17(21)19(24)13-4-3-5-15(20)6-13)23-8-14-9-25(29(2,27)28)22-18(14)11-23/h3-6,9,16-17,19H,7-8,10-11,21H2,1-2H3. The Kier molecular flexibility index (Phi) is 4.96. The number of piperidine rings is 1. The molecule has 0 aliphatic carbocycles. The molecule has 29 heavy (non-hydrogen) atoms. The Morgan fingerprint density at radius 3 is 2.69 bits per heavy atom. The van der Waals surface area contributed by atoms with Gasteiger partial charge in [0, 0.05) is 50.4 Å². The van der Waals surface area contributed by atoms with E-state index >= 15 is 0 Å². The van der Waals surface area contributed by atoms with Gasteiger partial charge in [-0.25, -0.2) is 12.8 Å². The second-order valence-corrected chi connectivity index (χ2v) is 9.71. The second kappa shape index (κ2) is 7.19. The predicted octanol–water partition coefficient (Wildman–Crippen LogP) is 0.835. The molecule has 0 spiro atoms. The highest BCUT2D eigenvalue weighted by molar-refractivity contribution is 7.89. The van der Waals surface area contributed by atoms with Crippen LogP contribution in [-0.4, -0.2) is 58.2 Å². The van der Waals surface area contributed by atoms with E-state index in [0.717, 1.165) is 21.6 Å². The summed E-state index contributed by atoms with van der Waals surface area (Å²) in [7, 11) is -3.41.